The van der Waals surface area contributed by atoms with Crippen LogP contribution < -0.4 is 0 Å². The number of furan rings is 1. The third kappa shape index (κ3) is 3.77. The molecule has 0 fully saturated rings. The molecule has 2 heterocycles. The standard InChI is InChI=1S/C51H33NO/c1-51(2)48-39(27-28-46-47(48)42-16-8-10-18-45(42)53-46)40-25-26-41-38-15-7-9-17-44(38)52(50(41)49(40)51)32-22-19-30(20-23-32)31-21-24-37-35-13-4-3-11-33(35)34-12-5-6-14-36(34)43(37)29-31/h3-29H,1-2H3. The molecule has 0 saturated heterocycles. The fourth-order valence-electron chi connectivity index (χ4n) is 9.89. The minimum absolute atomic E-state index is 0.263. The van der Waals surface area contributed by atoms with Gasteiger partial charge in [0.1, 0.15) is 11.2 Å². The number of benzene rings is 9. The Balaban J connectivity index is 1.07. The van der Waals surface area contributed by atoms with E-state index in [0.29, 0.717) is 0 Å². The number of rotatable bonds is 2. The van der Waals surface area contributed by atoms with Crippen molar-refractivity contribution in [2.24, 2.45) is 0 Å². The third-order valence-corrected chi connectivity index (χ3v) is 12.1. The number of nitrogens with zero attached hydrogens (tertiary/aromatic N) is 1. The van der Waals surface area contributed by atoms with E-state index >= 15 is 0 Å². The molecule has 0 bridgehead atoms. The number of fused-ring (bicyclic) bond motifs is 17. The molecule has 0 amide bonds. The number of aromatic nitrogens is 1. The van der Waals surface area contributed by atoms with Crippen LogP contribution in [-0.2, 0) is 5.41 Å². The number of para-hydroxylation sites is 2. The summed E-state index contributed by atoms with van der Waals surface area (Å²) in [5.41, 5.74) is 13.1. The van der Waals surface area contributed by atoms with Gasteiger partial charge in [-0.05, 0) is 102 Å². The van der Waals surface area contributed by atoms with Crippen LogP contribution in [0.5, 0.6) is 0 Å². The van der Waals surface area contributed by atoms with Gasteiger partial charge in [0, 0.05) is 32.6 Å². The maximum Gasteiger partial charge on any atom is 0.135 e. The summed E-state index contributed by atoms with van der Waals surface area (Å²) >= 11 is 0. The van der Waals surface area contributed by atoms with Crippen molar-refractivity contribution >= 4 is 76.1 Å². The van der Waals surface area contributed by atoms with Crippen LogP contribution in [0.2, 0.25) is 0 Å². The molecule has 9 aromatic carbocycles. The minimum atomic E-state index is -0.263. The lowest BCUT2D eigenvalue weighted by atomic mass is 9.79. The Hall–Kier alpha value is -6.64. The fourth-order valence-corrected chi connectivity index (χ4v) is 9.89. The highest BCUT2D eigenvalue weighted by molar-refractivity contribution is 6.26. The van der Waals surface area contributed by atoms with Gasteiger partial charge in [-0.1, -0.05) is 141 Å². The van der Waals surface area contributed by atoms with Gasteiger partial charge in [-0.2, -0.15) is 0 Å². The predicted octanol–water partition coefficient (Wildman–Crippen LogP) is 14.1. The summed E-state index contributed by atoms with van der Waals surface area (Å²) in [6, 6.07) is 60.2. The first-order chi connectivity index (χ1) is 26.1. The van der Waals surface area contributed by atoms with Gasteiger partial charge in [0.05, 0.1) is 11.0 Å². The molecule has 1 aliphatic rings. The predicted molar refractivity (Wildman–Crippen MR) is 224 cm³/mol. The quantitative estimate of drug-likeness (QED) is 0.167. The molecule has 53 heavy (non-hydrogen) atoms. The van der Waals surface area contributed by atoms with E-state index in [0.717, 1.165) is 16.9 Å². The van der Waals surface area contributed by atoms with E-state index in [9.17, 15) is 0 Å². The summed E-state index contributed by atoms with van der Waals surface area (Å²) in [7, 11) is 0. The van der Waals surface area contributed by atoms with Gasteiger partial charge >= 0.3 is 0 Å². The van der Waals surface area contributed by atoms with Crippen molar-refractivity contribution in [2.45, 2.75) is 19.3 Å². The van der Waals surface area contributed by atoms with Crippen LogP contribution in [0.15, 0.2) is 168 Å². The summed E-state index contributed by atoms with van der Waals surface area (Å²) < 4.78 is 8.91. The molecule has 0 unspecified atom stereocenters. The van der Waals surface area contributed by atoms with Crippen molar-refractivity contribution in [2.75, 3.05) is 0 Å². The van der Waals surface area contributed by atoms with Crippen LogP contribution in [0.25, 0.3) is 104 Å². The summed E-state index contributed by atoms with van der Waals surface area (Å²) in [4.78, 5) is 0. The highest BCUT2D eigenvalue weighted by Gasteiger charge is 2.41. The molecular formula is C51H33NO. The van der Waals surface area contributed by atoms with Crippen LogP contribution >= 0.6 is 0 Å². The van der Waals surface area contributed by atoms with Gasteiger partial charge < -0.3 is 8.98 Å². The van der Waals surface area contributed by atoms with Gasteiger partial charge in [-0.3, -0.25) is 0 Å². The van der Waals surface area contributed by atoms with Gasteiger partial charge in [-0.15, -0.1) is 0 Å². The van der Waals surface area contributed by atoms with E-state index in [-0.39, 0.29) is 5.41 Å². The van der Waals surface area contributed by atoms with Crippen LogP contribution in [0.1, 0.15) is 25.0 Å². The summed E-state index contributed by atoms with van der Waals surface area (Å²) in [5.74, 6) is 0. The first-order valence-corrected chi connectivity index (χ1v) is 18.5. The summed E-state index contributed by atoms with van der Waals surface area (Å²) in [5, 5.41) is 12.8. The van der Waals surface area contributed by atoms with Crippen molar-refractivity contribution in [1.29, 1.82) is 0 Å². The van der Waals surface area contributed by atoms with Crippen molar-refractivity contribution in [3.63, 3.8) is 0 Å². The van der Waals surface area contributed by atoms with E-state index in [1.165, 1.54) is 98.3 Å². The monoisotopic (exact) mass is 675 g/mol. The van der Waals surface area contributed by atoms with Crippen LogP contribution in [-0.4, -0.2) is 4.57 Å². The Morgan fingerprint density at radius 2 is 0.962 bits per heavy atom. The van der Waals surface area contributed by atoms with E-state index in [1.54, 1.807) is 0 Å². The van der Waals surface area contributed by atoms with Crippen LogP contribution in [0.3, 0.4) is 0 Å². The van der Waals surface area contributed by atoms with Crippen molar-refractivity contribution in [1.82, 2.24) is 4.57 Å². The lowest BCUT2D eigenvalue weighted by Crippen LogP contribution is -2.17. The molecule has 11 aromatic rings. The van der Waals surface area contributed by atoms with Crippen molar-refractivity contribution in [3.8, 4) is 27.9 Å². The molecule has 0 aliphatic heterocycles. The van der Waals surface area contributed by atoms with Gasteiger partial charge in [-0.25, -0.2) is 0 Å². The maximum atomic E-state index is 6.40. The lowest BCUT2D eigenvalue weighted by Gasteiger charge is -2.24. The molecule has 0 atom stereocenters. The van der Waals surface area contributed by atoms with Gasteiger partial charge in [0.25, 0.3) is 0 Å². The molecule has 2 heteroatoms. The highest BCUT2D eigenvalue weighted by Crippen LogP contribution is 2.56. The Bertz CT molecular complexity index is 3320. The zero-order valence-corrected chi connectivity index (χ0v) is 29.4. The first-order valence-electron chi connectivity index (χ1n) is 18.5. The molecule has 1 aliphatic carbocycles. The van der Waals surface area contributed by atoms with E-state index in [2.05, 4.69) is 182 Å². The van der Waals surface area contributed by atoms with E-state index in [1.807, 2.05) is 0 Å². The van der Waals surface area contributed by atoms with Crippen LogP contribution in [0, 0.1) is 0 Å². The molecule has 0 radical (unpaired) electrons. The second-order valence-corrected chi connectivity index (χ2v) is 15.2. The molecule has 0 N–H and O–H groups in total. The molecule has 0 saturated carbocycles. The summed E-state index contributed by atoms with van der Waals surface area (Å²) in [6.45, 7) is 4.80. The second kappa shape index (κ2) is 10.2. The topological polar surface area (TPSA) is 18.1 Å². The van der Waals surface area contributed by atoms with Crippen molar-refractivity contribution < 1.29 is 4.42 Å². The number of hydrogen-bond donors (Lipinski definition) is 0. The third-order valence-electron chi connectivity index (χ3n) is 12.1. The first kappa shape index (κ1) is 29.0. The average molecular weight is 676 g/mol. The second-order valence-electron chi connectivity index (χ2n) is 15.2. The Morgan fingerprint density at radius 1 is 0.415 bits per heavy atom. The minimum Gasteiger partial charge on any atom is -0.456 e. The molecule has 2 aromatic heterocycles. The van der Waals surface area contributed by atoms with E-state index in [4.69, 9.17) is 4.42 Å². The Kier molecular flexibility index (Phi) is 5.60. The maximum absolute atomic E-state index is 6.40. The zero-order chi connectivity index (χ0) is 35.0. The normalized spacial score (nSPS) is 13.6. The van der Waals surface area contributed by atoms with Crippen molar-refractivity contribution in [3.05, 3.63) is 175 Å². The Labute approximate surface area is 306 Å². The largest absolute Gasteiger partial charge is 0.456 e. The molecule has 248 valence electrons. The SMILES string of the molecule is CC1(C)c2c(ccc3oc4ccccc4c23)-c2ccc3c4ccccc4n(-c4ccc(-c5ccc6c7ccccc7c7ccccc7c6c5)cc4)c3c21. The molecule has 0 spiro atoms. The molecule has 2 nitrogen and oxygen atoms in total. The summed E-state index contributed by atoms with van der Waals surface area (Å²) in [6.07, 6.45) is 0. The van der Waals surface area contributed by atoms with Gasteiger partial charge in [0.15, 0.2) is 0 Å². The lowest BCUT2D eigenvalue weighted by molar-refractivity contribution is 0.658. The highest BCUT2D eigenvalue weighted by atomic mass is 16.3. The molecular weight excluding hydrogens is 643 g/mol. The number of hydrogen-bond acceptors (Lipinski definition) is 1. The smallest absolute Gasteiger partial charge is 0.135 e. The van der Waals surface area contributed by atoms with Crippen LogP contribution in [0.4, 0.5) is 0 Å². The fraction of sp³-hybridized carbons (Fsp3) is 0.0588. The Morgan fingerprint density at radius 3 is 1.70 bits per heavy atom. The average Bonchev–Trinajstić information content (AvgIpc) is 3.83. The zero-order valence-electron chi connectivity index (χ0n) is 29.4. The molecule has 12 rings (SSSR count). The van der Waals surface area contributed by atoms with Gasteiger partial charge in [0.2, 0.25) is 0 Å². The van der Waals surface area contributed by atoms with E-state index < -0.39 is 0 Å².